The molecule has 26 nitrogen and oxygen atoms in total. The molecule has 3 N–H and O–H groups in total. The van der Waals surface area contributed by atoms with Crippen LogP contribution >= 0.6 is 0 Å². The first kappa shape index (κ1) is 78.3. The standard InChI is InChI=1S/C81H89F3N16O10/c1-48-12-17-58(91-75(103)55-20-23-88-72(38-55)81(10,83)84)39-61(48)64-42-67(76(95-92-64)108-33-32-104-11)99-26-30-106-59(45-99)35-52(5)110-78-69(44-66(94-97-78)63-41-56(15-14-50(63)3)89-73(101)53-18-21-86-70(36-53)79(6,7)47-85)100-27-31-107-60(46-100)34-51(4)109-77-68(98-24-28-105-29-25-98)43-65(93-96-77)62-40-57(16-13-49(62)2)90-74(102)54-19-22-87-71(37-54)80(8,9)82/h12-23,36-44,51-52,59-60H,24-35,45-46H2,1-11H3,(H,89,101)(H,90,102)(H,91,103). The molecule has 3 aliphatic rings. The van der Waals surface area contributed by atoms with Crippen molar-refractivity contribution in [2.24, 2.45) is 0 Å². The van der Waals surface area contributed by atoms with Gasteiger partial charge in [-0.1, -0.05) is 18.2 Å². The Balaban J connectivity index is 0.790. The van der Waals surface area contributed by atoms with Crippen molar-refractivity contribution < 1.29 is 60.7 Å². The lowest BCUT2D eigenvalue weighted by Crippen LogP contribution is -2.45. The maximum absolute atomic E-state index is 14.9. The maximum atomic E-state index is 14.9. The van der Waals surface area contributed by atoms with Gasteiger partial charge in [-0.3, -0.25) is 29.3 Å². The minimum atomic E-state index is -3.24. The Labute approximate surface area is 636 Å². The quantitative estimate of drug-likeness (QED) is 0.0403. The molecule has 29 heteroatoms. The van der Waals surface area contributed by atoms with Crippen LogP contribution in [0.15, 0.2) is 128 Å². The Morgan fingerprint density at radius 3 is 1.34 bits per heavy atom. The summed E-state index contributed by atoms with van der Waals surface area (Å²) in [6.07, 6.45) is 3.27. The summed E-state index contributed by atoms with van der Waals surface area (Å²) in [6, 6.07) is 33.1. The van der Waals surface area contributed by atoms with E-state index in [0.717, 1.165) is 40.9 Å². The van der Waals surface area contributed by atoms with E-state index in [9.17, 15) is 32.8 Å². The van der Waals surface area contributed by atoms with Gasteiger partial charge in [0.15, 0.2) is 0 Å². The Morgan fingerprint density at radius 2 is 0.909 bits per heavy atom. The first-order chi connectivity index (χ1) is 52.7. The third-order valence-electron chi connectivity index (χ3n) is 19.2. The second-order valence-electron chi connectivity index (χ2n) is 28.7. The Kier molecular flexibility index (Phi) is 24.2. The Bertz CT molecular complexity index is 4880. The van der Waals surface area contributed by atoms with Crippen LogP contribution in [0.5, 0.6) is 17.6 Å². The first-order valence-corrected chi connectivity index (χ1v) is 36.5. The van der Waals surface area contributed by atoms with Crippen molar-refractivity contribution in [3.8, 4) is 57.5 Å². The topological polar surface area (TPSA) is 301 Å². The molecule has 574 valence electrons. The average molecular weight is 1500 g/mol. The number of aromatic nitrogens is 9. The van der Waals surface area contributed by atoms with Crippen LogP contribution in [-0.4, -0.2) is 174 Å². The lowest BCUT2D eigenvalue weighted by molar-refractivity contribution is 0.0101. The number of nitriles is 1. The molecule has 3 saturated heterocycles. The highest BCUT2D eigenvalue weighted by molar-refractivity contribution is 6.06. The SMILES string of the molecule is COCCOc1nnc(-c2cc(NC(=O)c3ccnc(C(C)(F)F)c3)ccc2C)cc1N1CCOC(CC(C)Oc2nnc(-c3cc(NC(=O)c4ccnc(C(C)(C)C#N)c4)ccc3C)cc2N2CCOC(CC(C)Oc3nnc(-c4cc(NC(=O)c5ccnc(C(C)(C)F)c5)ccc4C)cc3N3CCOCC3)C2)C1. The smallest absolute Gasteiger partial charge is 0.286 e. The number of benzene rings is 3. The lowest BCUT2D eigenvalue weighted by Gasteiger charge is -2.37. The van der Waals surface area contributed by atoms with Crippen LogP contribution in [0.25, 0.3) is 33.8 Å². The summed E-state index contributed by atoms with van der Waals surface area (Å²) >= 11 is 0. The van der Waals surface area contributed by atoms with Crippen LogP contribution in [0.4, 0.5) is 47.3 Å². The van der Waals surface area contributed by atoms with Gasteiger partial charge in [0, 0.05) is 135 Å². The second kappa shape index (κ2) is 34.1. The molecular formula is C81H89F3N16O10. The molecule has 3 amide bonds. The van der Waals surface area contributed by atoms with Gasteiger partial charge >= 0.3 is 0 Å². The third kappa shape index (κ3) is 19.2. The van der Waals surface area contributed by atoms with Gasteiger partial charge in [0.2, 0.25) is 0 Å². The Morgan fingerprint density at radius 1 is 0.518 bits per heavy atom. The molecule has 12 rings (SSSR count). The number of amides is 3. The number of pyridine rings is 3. The molecule has 0 spiro atoms. The zero-order chi connectivity index (χ0) is 78.0. The van der Waals surface area contributed by atoms with Crippen molar-refractivity contribution in [1.82, 2.24) is 45.5 Å². The van der Waals surface area contributed by atoms with Crippen LogP contribution in [0.2, 0.25) is 0 Å². The molecule has 0 radical (unpaired) electrons. The summed E-state index contributed by atoms with van der Waals surface area (Å²) in [5, 5.41) is 47.0. The predicted octanol–water partition coefficient (Wildman–Crippen LogP) is 13.0. The number of morpholine rings is 3. The number of anilines is 6. The molecule has 3 aliphatic heterocycles. The fourth-order valence-electron chi connectivity index (χ4n) is 13.1. The van der Waals surface area contributed by atoms with Crippen molar-refractivity contribution in [1.29, 1.82) is 5.26 Å². The van der Waals surface area contributed by atoms with Crippen LogP contribution in [0.3, 0.4) is 0 Å². The highest BCUT2D eigenvalue weighted by Gasteiger charge is 2.34. The minimum absolute atomic E-state index is 0.0199. The van der Waals surface area contributed by atoms with Crippen molar-refractivity contribution in [3.63, 3.8) is 0 Å². The molecule has 6 aromatic heterocycles. The van der Waals surface area contributed by atoms with E-state index in [0.29, 0.717) is 159 Å². The number of alkyl halides is 3. The van der Waals surface area contributed by atoms with Crippen molar-refractivity contribution in [2.45, 2.75) is 124 Å². The number of rotatable bonds is 27. The molecule has 0 aliphatic carbocycles. The molecule has 4 atom stereocenters. The molecule has 9 heterocycles. The van der Waals surface area contributed by atoms with Gasteiger partial charge in [-0.25, -0.2) is 4.39 Å². The van der Waals surface area contributed by atoms with Gasteiger partial charge in [-0.2, -0.15) is 14.0 Å². The van der Waals surface area contributed by atoms with E-state index in [1.807, 2.05) is 89.2 Å². The number of ether oxygens (including phenoxy) is 7. The lowest BCUT2D eigenvalue weighted by atomic mass is 9.90. The van der Waals surface area contributed by atoms with E-state index in [1.54, 1.807) is 57.4 Å². The highest BCUT2D eigenvalue weighted by atomic mass is 19.3. The predicted molar refractivity (Wildman–Crippen MR) is 409 cm³/mol. The summed E-state index contributed by atoms with van der Waals surface area (Å²) in [5.74, 6) is -3.77. The second-order valence-corrected chi connectivity index (χ2v) is 28.7. The van der Waals surface area contributed by atoms with E-state index >= 15 is 0 Å². The van der Waals surface area contributed by atoms with Crippen molar-refractivity contribution >= 4 is 51.8 Å². The summed E-state index contributed by atoms with van der Waals surface area (Å²) in [6.45, 7) is 21.7. The zero-order valence-electron chi connectivity index (χ0n) is 63.4. The number of hydrogen-bond acceptors (Lipinski definition) is 23. The van der Waals surface area contributed by atoms with Crippen LogP contribution in [0.1, 0.15) is 126 Å². The average Bonchev–Trinajstić information content (AvgIpc) is 0.793. The molecule has 110 heavy (non-hydrogen) atoms. The van der Waals surface area contributed by atoms with Gasteiger partial charge in [0.1, 0.15) is 47.2 Å². The number of methoxy groups -OCH3 is 1. The normalized spacial score (nSPS) is 16.1. The van der Waals surface area contributed by atoms with E-state index < -0.39 is 46.7 Å². The Hall–Kier alpha value is -11.3. The number of halogens is 3. The van der Waals surface area contributed by atoms with Gasteiger partial charge in [-0.05, 0) is 170 Å². The fourth-order valence-corrected chi connectivity index (χ4v) is 13.1. The van der Waals surface area contributed by atoms with E-state index in [2.05, 4.69) is 61.9 Å². The molecule has 0 saturated carbocycles. The number of carbonyl (C=O) groups excluding carboxylic acids is 3. The van der Waals surface area contributed by atoms with Crippen molar-refractivity contribution in [3.05, 3.63) is 178 Å². The van der Waals surface area contributed by atoms with Gasteiger partial charge in [-0.15, -0.1) is 30.6 Å². The number of nitrogens with one attached hydrogen (secondary N) is 3. The van der Waals surface area contributed by atoms with E-state index in [4.69, 9.17) is 53.6 Å². The molecule has 4 unspecified atom stereocenters. The summed E-state index contributed by atoms with van der Waals surface area (Å²) in [5.41, 5.74) is 7.71. The van der Waals surface area contributed by atoms with Gasteiger partial charge in [0.25, 0.3) is 41.3 Å². The summed E-state index contributed by atoms with van der Waals surface area (Å²) < 4.78 is 87.4. The molecule has 9 aromatic rings. The molecular weight excluding hydrogens is 1410 g/mol. The highest BCUT2D eigenvalue weighted by Crippen LogP contribution is 2.40. The number of carbonyl (C=O) groups is 3. The summed E-state index contributed by atoms with van der Waals surface area (Å²) in [4.78, 5) is 59.6. The van der Waals surface area contributed by atoms with Crippen LogP contribution in [0, 0.1) is 32.1 Å². The first-order valence-electron chi connectivity index (χ1n) is 36.5. The van der Waals surface area contributed by atoms with Gasteiger partial charge in [0.05, 0.1) is 85.2 Å². The number of aryl methyl sites for hydroxylation is 3. The van der Waals surface area contributed by atoms with Crippen molar-refractivity contribution in [2.75, 3.05) is 117 Å². The summed E-state index contributed by atoms with van der Waals surface area (Å²) in [7, 11) is 1.58. The number of nitrogens with zero attached hydrogens (tertiary/aromatic N) is 13. The monoisotopic (exact) mass is 1500 g/mol. The number of hydrogen-bond donors (Lipinski definition) is 3. The fraction of sp³-hybridized carbons (Fsp3) is 0.395. The maximum Gasteiger partial charge on any atom is 0.286 e. The van der Waals surface area contributed by atoms with Crippen LogP contribution < -0.4 is 44.9 Å². The third-order valence-corrected chi connectivity index (χ3v) is 19.2. The molecule has 3 fully saturated rings. The van der Waals surface area contributed by atoms with Crippen LogP contribution in [-0.2, 0) is 36.0 Å². The molecule has 0 bridgehead atoms. The largest absolute Gasteiger partial charge is 0.473 e. The zero-order valence-corrected chi connectivity index (χ0v) is 63.4. The van der Waals surface area contributed by atoms with E-state index in [-0.39, 0.29) is 53.3 Å². The van der Waals surface area contributed by atoms with E-state index in [1.165, 1.54) is 44.6 Å². The van der Waals surface area contributed by atoms with Gasteiger partial charge < -0.3 is 63.8 Å². The molecule has 3 aromatic carbocycles. The minimum Gasteiger partial charge on any atom is -0.473 e.